The first-order valence-corrected chi connectivity index (χ1v) is 9.62. The van der Waals surface area contributed by atoms with Gasteiger partial charge >= 0.3 is 11.9 Å². The lowest BCUT2D eigenvalue weighted by Crippen LogP contribution is -2.31. The summed E-state index contributed by atoms with van der Waals surface area (Å²) >= 11 is 0. The van der Waals surface area contributed by atoms with E-state index in [9.17, 15) is 14.4 Å². The fourth-order valence-electron chi connectivity index (χ4n) is 2.70. The molecule has 0 aliphatic rings. The van der Waals surface area contributed by atoms with Crippen LogP contribution in [0.3, 0.4) is 0 Å². The normalized spacial score (nSPS) is 11.5. The summed E-state index contributed by atoms with van der Waals surface area (Å²) in [5.41, 5.74) is 0.756. The van der Waals surface area contributed by atoms with Crippen molar-refractivity contribution < 1.29 is 23.9 Å². The van der Waals surface area contributed by atoms with Crippen LogP contribution in [0, 0.1) is 0 Å². The van der Waals surface area contributed by atoms with E-state index < -0.39 is 30.4 Å². The van der Waals surface area contributed by atoms with E-state index in [1.165, 1.54) is 0 Å². The second-order valence-electron chi connectivity index (χ2n) is 6.52. The molecule has 0 unspecified atom stereocenters. The summed E-state index contributed by atoms with van der Waals surface area (Å²) in [6.07, 6.45) is 3.33. The lowest BCUT2D eigenvalue weighted by Gasteiger charge is -2.17. The highest BCUT2D eigenvalue weighted by molar-refractivity contribution is 5.95. The van der Waals surface area contributed by atoms with Crippen molar-refractivity contribution in [3.05, 3.63) is 71.8 Å². The number of ether oxygens (including phenoxy) is 2. The number of hydrogen-bond donors (Lipinski definition) is 0. The first-order chi connectivity index (χ1) is 13.6. The van der Waals surface area contributed by atoms with Crippen LogP contribution in [0.25, 0.3) is 0 Å². The Labute approximate surface area is 165 Å². The fraction of sp³-hybridized carbons (Fsp3) is 0.348. The van der Waals surface area contributed by atoms with Crippen LogP contribution in [-0.2, 0) is 14.3 Å². The molecule has 28 heavy (non-hydrogen) atoms. The number of unbranched alkanes of at least 4 members (excludes halogenated alkanes) is 3. The third-order valence-corrected chi connectivity index (χ3v) is 4.29. The van der Waals surface area contributed by atoms with E-state index in [1.807, 2.05) is 0 Å². The minimum atomic E-state index is -0.923. The zero-order chi connectivity index (χ0) is 20.2. The van der Waals surface area contributed by atoms with Crippen molar-refractivity contribution in [2.45, 2.75) is 45.1 Å². The molecule has 0 fully saturated rings. The van der Waals surface area contributed by atoms with Crippen LogP contribution in [0.15, 0.2) is 60.7 Å². The molecule has 0 aromatic heterocycles. The highest BCUT2D eigenvalue weighted by atomic mass is 16.6. The van der Waals surface area contributed by atoms with E-state index in [0.717, 1.165) is 25.7 Å². The number of carbonyl (C=O) groups is 3. The molecule has 0 aliphatic carbocycles. The van der Waals surface area contributed by atoms with Crippen molar-refractivity contribution in [3.63, 3.8) is 0 Å². The maximum atomic E-state index is 12.6. The second kappa shape index (κ2) is 11.7. The molecule has 0 bridgehead atoms. The summed E-state index contributed by atoms with van der Waals surface area (Å²) in [7, 11) is 0. The number of Topliss-reactive ketones (excluding diaryl/α,β-unsaturated/α-hetero) is 1. The van der Waals surface area contributed by atoms with Crippen molar-refractivity contribution in [2.75, 3.05) is 6.61 Å². The Bertz CT molecular complexity index is 755. The number of benzene rings is 2. The summed E-state index contributed by atoms with van der Waals surface area (Å²) in [6, 6.07) is 17.0. The SMILES string of the molecule is CCCCCC[C@@H](OC(=O)c1ccccc1)C(=O)COC(=O)c1ccccc1. The van der Waals surface area contributed by atoms with Crippen molar-refractivity contribution in [1.82, 2.24) is 0 Å². The molecule has 2 aromatic rings. The zero-order valence-electron chi connectivity index (χ0n) is 16.1. The molecule has 0 saturated heterocycles. The Morgan fingerprint density at radius 3 is 1.93 bits per heavy atom. The van der Waals surface area contributed by atoms with Gasteiger partial charge in [0.2, 0.25) is 5.78 Å². The van der Waals surface area contributed by atoms with Gasteiger partial charge in [-0.3, -0.25) is 4.79 Å². The molecule has 0 amide bonds. The Morgan fingerprint density at radius 1 is 0.786 bits per heavy atom. The molecule has 1 atom stereocenters. The molecular weight excluding hydrogens is 356 g/mol. The van der Waals surface area contributed by atoms with Crippen LogP contribution >= 0.6 is 0 Å². The van der Waals surface area contributed by atoms with E-state index in [-0.39, 0.29) is 0 Å². The summed E-state index contributed by atoms with van der Waals surface area (Å²) in [4.78, 5) is 36.9. The van der Waals surface area contributed by atoms with Crippen LogP contribution in [-0.4, -0.2) is 30.4 Å². The lowest BCUT2D eigenvalue weighted by atomic mass is 10.1. The quantitative estimate of drug-likeness (QED) is 0.419. The highest BCUT2D eigenvalue weighted by Gasteiger charge is 2.24. The van der Waals surface area contributed by atoms with Gasteiger partial charge in [0.1, 0.15) is 0 Å². The first-order valence-electron chi connectivity index (χ1n) is 9.62. The third kappa shape index (κ3) is 6.99. The van der Waals surface area contributed by atoms with E-state index in [0.29, 0.717) is 17.5 Å². The smallest absolute Gasteiger partial charge is 0.338 e. The van der Waals surface area contributed by atoms with Gasteiger partial charge in [-0.2, -0.15) is 0 Å². The Morgan fingerprint density at radius 2 is 1.36 bits per heavy atom. The monoisotopic (exact) mass is 382 g/mol. The molecule has 148 valence electrons. The van der Waals surface area contributed by atoms with Crippen LogP contribution in [0.1, 0.15) is 59.7 Å². The molecule has 5 nitrogen and oxygen atoms in total. The van der Waals surface area contributed by atoms with Gasteiger partial charge in [-0.25, -0.2) is 9.59 Å². The maximum Gasteiger partial charge on any atom is 0.338 e. The third-order valence-electron chi connectivity index (χ3n) is 4.29. The molecule has 2 rings (SSSR count). The molecule has 0 radical (unpaired) electrons. The summed E-state index contributed by atoms with van der Waals surface area (Å²) in [6.45, 7) is 1.68. The summed E-state index contributed by atoms with van der Waals surface area (Å²) in [5.74, 6) is -1.54. The number of ketones is 1. The lowest BCUT2D eigenvalue weighted by molar-refractivity contribution is -0.131. The number of esters is 2. The van der Waals surface area contributed by atoms with Crippen molar-refractivity contribution in [1.29, 1.82) is 0 Å². The molecule has 0 spiro atoms. The van der Waals surface area contributed by atoms with Crippen molar-refractivity contribution in [2.24, 2.45) is 0 Å². The molecule has 0 N–H and O–H groups in total. The molecule has 2 aromatic carbocycles. The van der Waals surface area contributed by atoms with Crippen LogP contribution < -0.4 is 0 Å². The average Bonchev–Trinajstić information content (AvgIpc) is 2.75. The van der Waals surface area contributed by atoms with E-state index in [1.54, 1.807) is 60.7 Å². The van der Waals surface area contributed by atoms with Gasteiger partial charge in [-0.05, 0) is 37.1 Å². The predicted octanol–water partition coefficient (Wildman–Crippen LogP) is 4.61. The zero-order valence-corrected chi connectivity index (χ0v) is 16.1. The molecule has 0 aliphatic heterocycles. The van der Waals surface area contributed by atoms with Gasteiger partial charge in [0, 0.05) is 0 Å². The average molecular weight is 382 g/mol. The molecular formula is C23H26O5. The van der Waals surface area contributed by atoms with Crippen LogP contribution in [0.2, 0.25) is 0 Å². The van der Waals surface area contributed by atoms with Crippen LogP contribution in [0.4, 0.5) is 0 Å². The largest absolute Gasteiger partial charge is 0.454 e. The highest BCUT2D eigenvalue weighted by Crippen LogP contribution is 2.13. The number of carbonyl (C=O) groups excluding carboxylic acids is 3. The van der Waals surface area contributed by atoms with E-state index >= 15 is 0 Å². The van der Waals surface area contributed by atoms with Gasteiger partial charge in [-0.15, -0.1) is 0 Å². The topological polar surface area (TPSA) is 69.7 Å². The van der Waals surface area contributed by atoms with Gasteiger partial charge in [0.15, 0.2) is 12.7 Å². The van der Waals surface area contributed by atoms with Gasteiger partial charge in [-0.1, -0.05) is 62.6 Å². The van der Waals surface area contributed by atoms with Crippen molar-refractivity contribution in [3.8, 4) is 0 Å². The molecule has 0 saturated carbocycles. The minimum absolute atomic E-state index is 0.371. The van der Waals surface area contributed by atoms with Gasteiger partial charge in [0.05, 0.1) is 11.1 Å². The van der Waals surface area contributed by atoms with Gasteiger partial charge in [0.25, 0.3) is 0 Å². The summed E-state index contributed by atoms with van der Waals surface area (Å²) < 4.78 is 10.5. The molecule has 5 heteroatoms. The fourth-order valence-corrected chi connectivity index (χ4v) is 2.70. The number of hydrogen-bond acceptors (Lipinski definition) is 5. The summed E-state index contributed by atoms with van der Waals surface area (Å²) in [5, 5.41) is 0. The standard InChI is InChI=1S/C23H26O5/c1-2-3-4-11-16-21(28-23(26)19-14-9-6-10-15-19)20(24)17-27-22(25)18-12-7-5-8-13-18/h5-10,12-15,21H,2-4,11,16-17H2,1H3/t21-/m1/s1. The number of rotatable bonds is 11. The molecule has 0 heterocycles. The van der Waals surface area contributed by atoms with E-state index in [4.69, 9.17) is 9.47 Å². The predicted molar refractivity (Wildman–Crippen MR) is 106 cm³/mol. The Balaban J connectivity index is 1.95. The van der Waals surface area contributed by atoms with Gasteiger partial charge < -0.3 is 9.47 Å². The van der Waals surface area contributed by atoms with Crippen LogP contribution in [0.5, 0.6) is 0 Å². The van der Waals surface area contributed by atoms with E-state index in [2.05, 4.69) is 6.92 Å². The second-order valence-corrected chi connectivity index (χ2v) is 6.52. The maximum absolute atomic E-state index is 12.6. The Hall–Kier alpha value is -2.95. The Kier molecular flexibility index (Phi) is 8.92. The minimum Gasteiger partial charge on any atom is -0.454 e. The van der Waals surface area contributed by atoms with Crippen molar-refractivity contribution >= 4 is 17.7 Å². The first kappa shape index (κ1) is 21.4.